The molecule has 0 aliphatic carbocycles. The lowest BCUT2D eigenvalue weighted by molar-refractivity contribution is -0.123. The minimum atomic E-state index is -0.339. The molecule has 4 aromatic rings. The summed E-state index contributed by atoms with van der Waals surface area (Å²) < 4.78 is 11.5. The van der Waals surface area contributed by atoms with Gasteiger partial charge in [0, 0.05) is 5.69 Å². The number of hydrogen-bond donors (Lipinski definition) is 1. The number of carbonyl (C=O) groups excluding carboxylic acids is 3. The van der Waals surface area contributed by atoms with Crippen LogP contribution in [0.2, 0.25) is 0 Å². The van der Waals surface area contributed by atoms with Crippen LogP contribution in [0, 0.1) is 6.92 Å². The Morgan fingerprint density at radius 3 is 2.55 bits per heavy atom. The molecule has 0 atom stereocenters. The highest BCUT2D eigenvalue weighted by Crippen LogP contribution is 2.36. The van der Waals surface area contributed by atoms with Crippen molar-refractivity contribution in [3.05, 3.63) is 107 Å². The third-order valence-corrected chi connectivity index (χ3v) is 7.22. The molecule has 0 saturated carbocycles. The lowest BCUT2D eigenvalue weighted by Crippen LogP contribution is -2.27. The predicted molar refractivity (Wildman–Crippen MR) is 158 cm³/mol. The first-order chi connectivity index (χ1) is 19.4. The molecular weight excluding hydrogens is 524 g/mol. The number of ether oxygens (including phenoxy) is 2. The van der Waals surface area contributed by atoms with Gasteiger partial charge in [0.1, 0.15) is 0 Å². The van der Waals surface area contributed by atoms with E-state index in [1.807, 2.05) is 80.6 Å². The maximum absolute atomic E-state index is 13.2. The normalized spacial score (nSPS) is 14.2. The maximum Gasteiger partial charge on any atom is 0.293 e. The van der Waals surface area contributed by atoms with Crippen molar-refractivity contribution < 1.29 is 23.9 Å². The number of aryl methyl sites for hydroxylation is 1. The van der Waals surface area contributed by atoms with Crippen LogP contribution in [-0.4, -0.2) is 35.2 Å². The second kappa shape index (κ2) is 12.1. The zero-order valence-corrected chi connectivity index (χ0v) is 23.0. The van der Waals surface area contributed by atoms with Crippen LogP contribution >= 0.6 is 11.8 Å². The average molecular weight is 553 g/mol. The summed E-state index contributed by atoms with van der Waals surface area (Å²) >= 11 is 0.914. The van der Waals surface area contributed by atoms with E-state index in [9.17, 15) is 14.4 Å². The number of imide groups is 1. The first-order valence-corrected chi connectivity index (χ1v) is 13.7. The van der Waals surface area contributed by atoms with Crippen LogP contribution < -0.4 is 14.8 Å². The van der Waals surface area contributed by atoms with Crippen LogP contribution in [0.5, 0.6) is 11.5 Å². The van der Waals surface area contributed by atoms with Crippen LogP contribution in [0.3, 0.4) is 0 Å². The number of fused-ring (bicyclic) bond motifs is 1. The Balaban J connectivity index is 1.29. The zero-order chi connectivity index (χ0) is 28.1. The largest absolute Gasteiger partial charge is 0.490 e. The summed E-state index contributed by atoms with van der Waals surface area (Å²) in [6, 6.07) is 26.5. The van der Waals surface area contributed by atoms with E-state index in [4.69, 9.17) is 9.47 Å². The number of benzene rings is 4. The van der Waals surface area contributed by atoms with Gasteiger partial charge in [0.2, 0.25) is 0 Å². The van der Waals surface area contributed by atoms with Crippen molar-refractivity contribution in [1.29, 1.82) is 0 Å². The van der Waals surface area contributed by atoms with Gasteiger partial charge in [0.25, 0.3) is 17.1 Å². The fourth-order valence-electron chi connectivity index (χ4n) is 4.45. The molecule has 0 spiro atoms. The number of hydrogen-bond acceptors (Lipinski definition) is 6. The lowest BCUT2D eigenvalue weighted by Gasteiger charge is -2.14. The van der Waals surface area contributed by atoms with Crippen molar-refractivity contribution >= 4 is 51.4 Å². The highest BCUT2D eigenvalue weighted by molar-refractivity contribution is 8.18. The topological polar surface area (TPSA) is 84.9 Å². The molecule has 0 radical (unpaired) electrons. The predicted octanol–water partition coefficient (Wildman–Crippen LogP) is 6.80. The van der Waals surface area contributed by atoms with Crippen LogP contribution in [0.1, 0.15) is 23.6 Å². The van der Waals surface area contributed by atoms with Crippen molar-refractivity contribution in [1.82, 2.24) is 4.90 Å². The third kappa shape index (κ3) is 6.18. The Hall–Kier alpha value is -4.56. The quantitative estimate of drug-likeness (QED) is 0.230. The van der Waals surface area contributed by atoms with Crippen molar-refractivity contribution in [2.24, 2.45) is 0 Å². The van der Waals surface area contributed by atoms with Gasteiger partial charge in [-0.25, -0.2) is 0 Å². The van der Waals surface area contributed by atoms with Crippen molar-refractivity contribution in [2.45, 2.75) is 20.4 Å². The SMILES string of the molecule is CCOc1cc(/C=C2/SC(=O)N(Cc3cccc4ccccc34)C2=O)ccc1OCC(=O)Nc1cccc(C)c1. The van der Waals surface area contributed by atoms with Crippen molar-refractivity contribution in [3.8, 4) is 11.5 Å². The Morgan fingerprint density at radius 2 is 1.73 bits per heavy atom. The third-order valence-electron chi connectivity index (χ3n) is 6.31. The molecule has 7 nitrogen and oxygen atoms in total. The number of amides is 3. The molecule has 202 valence electrons. The summed E-state index contributed by atoms with van der Waals surface area (Å²) in [5, 5.41) is 4.57. The van der Waals surface area contributed by atoms with Crippen LogP contribution in [0.15, 0.2) is 89.8 Å². The molecular formula is C32H28N2O5S. The number of nitrogens with one attached hydrogen (secondary N) is 1. The summed E-state index contributed by atoms with van der Waals surface area (Å²) in [6.07, 6.45) is 1.67. The number of nitrogens with zero attached hydrogens (tertiary/aromatic N) is 1. The van der Waals surface area contributed by atoms with E-state index < -0.39 is 0 Å². The molecule has 1 heterocycles. The molecule has 0 unspecified atom stereocenters. The fraction of sp³-hybridized carbons (Fsp3) is 0.156. The Morgan fingerprint density at radius 1 is 0.925 bits per heavy atom. The number of rotatable bonds is 9. The van der Waals surface area contributed by atoms with Crippen molar-refractivity contribution in [2.75, 3.05) is 18.5 Å². The Labute approximate surface area is 236 Å². The van der Waals surface area contributed by atoms with Gasteiger partial charge >= 0.3 is 0 Å². The van der Waals surface area contributed by atoms with E-state index in [0.717, 1.165) is 33.7 Å². The van der Waals surface area contributed by atoms with Crippen LogP contribution in [0.25, 0.3) is 16.8 Å². The fourth-order valence-corrected chi connectivity index (χ4v) is 5.29. The molecule has 5 rings (SSSR count). The van der Waals surface area contributed by atoms with E-state index in [0.29, 0.717) is 34.3 Å². The molecule has 1 aliphatic rings. The smallest absolute Gasteiger partial charge is 0.293 e. The number of thioether (sulfide) groups is 1. The molecule has 3 amide bonds. The summed E-state index contributed by atoms with van der Waals surface area (Å²) in [5.74, 6) is 0.211. The molecule has 8 heteroatoms. The lowest BCUT2D eigenvalue weighted by atomic mass is 10.0. The van der Waals surface area contributed by atoms with Crippen LogP contribution in [0.4, 0.5) is 10.5 Å². The summed E-state index contributed by atoms with van der Waals surface area (Å²) in [4.78, 5) is 40.0. The number of carbonyl (C=O) groups is 3. The highest BCUT2D eigenvalue weighted by atomic mass is 32.2. The van der Waals surface area contributed by atoms with Gasteiger partial charge in [-0.1, -0.05) is 60.7 Å². The molecule has 0 bridgehead atoms. The van der Waals surface area contributed by atoms with Gasteiger partial charge in [-0.2, -0.15) is 0 Å². The molecule has 1 fully saturated rings. The second-order valence-corrected chi connectivity index (χ2v) is 10.2. The highest BCUT2D eigenvalue weighted by Gasteiger charge is 2.35. The molecule has 4 aromatic carbocycles. The molecule has 0 aromatic heterocycles. The van der Waals surface area contributed by atoms with E-state index in [1.54, 1.807) is 24.3 Å². The van der Waals surface area contributed by atoms with Crippen molar-refractivity contribution in [3.63, 3.8) is 0 Å². The van der Waals surface area contributed by atoms with Gasteiger partial charge in [0.05, 0.1) is 18.1 Å². The van der Waals surface area contributed by atoms with E-state index in [2.05, 4.69) is 5.32 Å². The first-order valence-electron chi connectivity index (χ1n) is 12.9. The average Bonchev–Trinajstić information content (AvgIpc) is 3.20. The first kappa shape index (κ1) is 27.0. The Bertz CT molecular complexity index is 1630. The van der Waals surface area contributed by atoms with Crippen LogP contribution in [-0.2, 0) is 16.1 Å². The second-order valence-electron chi connectivity index (χ2n) is 9.25. The van der Waals surface area contributed by atoms with E-state index in [1.165, 1.54) is 4.90 Å². The monoisotopic (exact) mass is 552 g/mol. The minimum absolute atomic E-state index is 0.194. The molecule has 1 saturated heterocycles. The summed E-state index contributed by atoms with van der Waals surface area (Å²) in [5.41, 5.74) is 3.33. The van der Waals surface area contributed by atoms with Gasteiger partial charge < -0.3 is 14.8 Å². The molecule has 1 N–H and O–H groups in total. The zero-order valence-electron chi connectivity index (χ0n) is 22.2. The summed E-state index contributed by atoms with van der Waals surface area (Å²) in [7, 11) is 0. The van der Waals surface area contributed by atoms with Gasteiger partial charge in [0.15, 0.2) is 18.1 Å². The number of anilines is 1. The van der Waals surface area contributed by atoms with E-state index in [-0.39, 0.29) is 30.2 Å². The maximum atomic E-state index is 13.2. The van der Waals surface area contributed by atoms with Gasteiger partial charge in [-0.3, -0.25) is 19.3 Å². The molecule has 40 heavy (non-hydrogen) atoms. The van der Waals surface area contributed by atoms with E-state index >= 15 is 0 Å². The standard InChI is InChI=1S/C32H28N2O5S/c1-3-38-28-17-22(14-15-27(28)39-20-30(35)33-25-12-6-8-21(2)16-25)18-29-31(36)34(32(37)40-29)19-24-11-7-10-23-9-4-5-13-26(23)24/h4-18H,3,19-20H2,1-2H3,(H,33,35)/b29-18+. The van der Waals surface area contributed by atoms with Gasteiger partial charge in [-0.15, -0.1) is 0 Å². The Kier molecular flexibility index (Phi) is 8.17. The molecule has 1 aliphatic heterocycles. The van der Waals surface area contributed by atoms with Gasteiger partial charge in [-0.05, 0) is 83.4 Å². The minimum Gasteiger partial charge on any atom is -0.490 e. The summed E-state index contributed by atoms with van der Waals surface area (Å²) in [6.45, 7) is 4.19.